The van der Waals surface area contributed by atoms with Crippen molar-refractivity contribution in [2.45, 2.75) is 51.7 Å². The Bertz CT molecular complexity index is 669. The highest BCUT2D eigenvalue weighted by Crippen LogP contribution is 2.20. The number of anilines is 1. The van der Waals surface area contributed by atoms with Gasteiger partial charge in [-0.1, -0.05) is 6.07 Å². The molecule has 0 bridgehead atoms. The molecule has 2 atom stereocenters. The van der Waals surface area contributed by atoms with E-state index in [1.807, 2.05) is 6.07 Å². The Labute approximate surface area is 197 Å². The number of nitrogens with one attached hydrogen (secondary N) is 2. The van der Waals surface area contributed by atoms with Crippen LogP contribution in [0.4, 0.5) is 10.1 Å². The molecule has 3 rings (SSSR count). The lowest BCUT2D eigenvalue weighted by Crippen LogP contribution is -2.51. The van der Waals surface area contributed by atoms with Gasteiger partial charge in [-0.15, -0.1) is 24.0 Å². The van der Waals surface area contributed by atoms with Crippen molar-refractivity contribution in [3.63, 3.8) is 0 Å². The number of hydrogen-bond acceptors (Lipinski definition) is 4. The van der Waals surface area contributed by atoms with E-state index in [0.29, 0.717) is 18.1 Å². The van der Waals surface area contributed by atoms with E-state index < -0.39 is 0 Å². The number of hydrogen-bond donors (Lipinski definition) is 2. The van der Waals surface area contributed by atoms with Crippen LogP contribution in [0, 0.1) is 5.82 Å². The normalized spacial score (nSPS) is 22.3. The van der Waals surface area contributed by atoms with E-state index in [0.717, 1.165) is 70.4 Å². The highest BCUT2D eigenvalue weighted by atomic mass is 127. The van der Waals surface area contributed by atoms with Gasteiger partial charge in [0.1, 0.15) is 5.82 Å². The number of morpholine rings is 1. The molecule has 0 aliphatic carbocycles. The summed E-state index contributed by atoms with van der Waals surface area (Å²) in [5.74, 6) is 0.720. The highest BCUT2D eigenvalue weighted by Gasteiger charge is 2.24. The predicted octanol–water partition coefficient (Wildman–Crippen LogP) is 3.08. The average molecular weight is 533 g/mol. The molecule has 30 heavy (non-hydrogen) atoms. The number of halogens is 2. The summed E-state index contributed by atoms with van der Waals surface area (Å²) in [6.45, 7) is 12.6. The second-order valence-electron chi connectivity index (χ2n) is 8.12. The van der Waals surface area contributed by atoms with Crippen LogP contribution in [0.25, 0.3) is 0 Å². The maximum Gasteiger partial charge on any atom is 0.191 e. The van der Waals surface area contributed by atoms with E-state index in [1.54, 1.807) is 12.1 Å². The molecule has 2 aliphatic heterocycles. The van der Waals surface area contributed by atoms with Gasteiger partial charge in [0, 0.05) is 50.0 Å². The predicted molar refractivity (Wildman–Crippen MR) is 133 cm³/mol. The number of rotatable bonds is 6. The van der Waals surface area contributed by atoms with Crippen molar-refractivity contribution in [1.82, 2.24) is 15.5 Å². The number of guanidine groups is 1. The summed E-state index contributed by atoms with van der Waals surface area (Å²) in [4.78, 5) is 9.59. The number of piperidine rings is 1. The van der Waals surface area contributed by atoms with Crippen LogP contribution < -0.4 is 15.5 Å². The highest BCUT2D eigenvalue weighted by molar-refractivity contribution is 14.0. The van der Waals surface area contributed by atoms with Crippen LogP contribution in [0.1, 0.15) is 33.6 Å². The van der Waals surface area contributed by atoms with E-state index in [2.05, 4.69) is 41.2 Å². The minimum absolute atomic E-state index is 0. The number of benzene rings is 1. The van der Waals surface area contributed by atoms with Gasteiger partial charge < -0.3 is 20.3 Å². The van der Waals surface area contributed by atoms with Crippen molar-refractivity contribution < 1.29 is 9.13 Å². The molecular formula is C22H37FIN5O. The lowest BCUT2D eigenvalue weighted by atomic mass is 10.0. The van der Waals surface area contributed by atoms with E-state index >= 15 is 0 Å². The minimum atomic E-state index is -0.173. The maximum absolute atomic E-state index is 13.5. The van der Waals surface area contributed by atoms with Crippen LogP contribution in [-0.2, 0) is 4.74 Å². The molecule has 1 aromatic rings. The van der Waals surface area contributed by atoms with Crippen molar-refractivity contribution in [3.05, 3.63) is 30.1 Å². The van der Waals surface area contributed by atoms with E-state index in [4.69, 9.17) is 9.73 Å². The molecule has 0 radical (unpaired) electrons. The van der Waals surface area contributed by atoms with Crippen molar-refractivity contribution in [2.75, 3.05) is 50.8 Å². The molecule has 2 N–H and O–H groups in total. The zero-order valence-electron chi connectivity index (χ0n) is 18.4. The molecule has 6 nitrogen and oxygen atoms in total. The second-order valence-corrected chi connectivity index (χ2v) is 8.12. The summed E-state index contributed by atoms with van der Waals surface area (Å²) >= 11 is 0. The summed E-state index contributed by atoms with van der Waals surface area (Å²) in [6, 6.07) is 8.09. The number of aliphatic imine (C=N–C) groups is 1. The van der Waals surface area contributed by atoms with Crippen molar-refractivity contribution >= 4 is 35.6 Å². The Morgan fingerprint density at radius 2 is 2.07 bits per heavy atom. The number of ether oxygens (including phenoxy) is 1. The first-order valence-electron chi connectivity index (χ1n) is 11.0. The fourth-order valence-corrected chi connectivity index (χ4v) is 4.19. The first-order chi connectivity index (χ1) is 14.1. The Balaban J connectivity index is 0.00000320. The third-order valence-electron chi connectivity index (χ3n) is 5.85. The first-order valence-corrected chi connectivity index (χ1v) is 11.0. The summed E-state index contributed by atoms with van der Waals surface area (Å²) in [7, 11) is 0. The monoisotopic (exact) mass is 533 g/mol. The lowest BCUT2D eigenvalue weighted by Gasteiger charge is -2.37. The maximum atomic E-state index is 13.5. The molecule has 2 unspecified atom stereocenters. The molecule has 2 aliphatic rings. The Morgan fingerprint density at radius 1 is 1.30 bits per heavy atom. The summed E-state index contributed by atoms with van der Waals surface area (Å²) in [5.41, 5.74) is 0.970. The van der Waals surface area contributed by atoms with Gasteiger partial charge in [0.25, 0.3) is 0 Å². The molecule has 1 aromatic carbocycles. The fraction of sp³-hybridized carbons (Fsp3) is 0.682. The van der Waals surface area contributed by atoms with Crippen LogP contribution >= 0.6 is 24.0 Å². The third-order valence-corrected chi connectivity index (χ3v) is 5.85. The SMILES string of the molecule is CCNC(=NCC(C)N1CCOCC1C)NC1CCN(c2cccc(F)c2)CC1.I. The fourth-order valence-electron chi connectivity index (χ4n) is 4.19. The Kier molecular flexibility index (Phi) is 10.6. The van der Waals surface area contributed by atoms with Crippen LogP contribution in [0.15, 0.2) is 29.3 Å². The summed E-state index contributed by atoms with van der Waals surface area (Å²) in [6.07, 6.45) is 2.02. The molecule has 0 saturated carbocycles. The van der Waals surface area contributed by atoms with Gasteiger partial charge in [0.2, 0.25) is 0 Å². The summed E-state index contributed by atoms with van der Waals surface area (Å²) in [5, 5.41) is 6.99. The van der Waals surface area contributed by atoms with E-state index in [1.165, 1.54) is 6.07 Å². The van der Waals surface area contributed by atoms with Gasteiger partial charge in [0.05, 0.1) is 19.8 Å². The van der Waals surface area contributed by atoms with Crippen LogP contribution in [0.2, 0.25) is 0 Å². The van der Waals surface area contributed by atoms with Gasteiger partial charge in [-0.3, -0.25) is 9.89 Å². The summed E-state index contributed by atoms with van der Waals surface area (Å²) < 4.78 is 19.0. The molecule has 2 heterocycles. The van der Waals surface area contributed by atoms with Crippen molar-refractivity contribution in [1.29, 1.82) is 0 Å². The molecule has 0 aromatic heterocycles. The molecule has 2 saturated heterocycles. The standard InChI is InChI=1S/C22H36FN5O.HI/c1-4-24-22(25-15-17(2)28-12-13-29-16-18(28)3)26-20-8-10-27(11-9-20)21-7-5-6-19(23)14-21;/h5-7,14,17-18,20H,4,8-13,15-16H2,1-3H3,(H2,24,25,26);1H. The minimum Gasteiger partial charge on any atom is -0.379 e. The van der Waals surface area contributed by atoms with Gasteiger partial charge in [-0.05, 0) is 51.8 Å². The second kappa shape index (κ2) is 12.7. The van der Waals surface area contributed by atoms with E-state index in [-0.39, 0.29) is 29.8 Å². The van der Waals surface area contributed by atoms with Gasteiger partial charge in [0.15, 0.2) is 5.96 Å². The third kappa shape index (κ3) is 7.23. The first kappa shape index (κ1) is 25.1. The average Bonchev–Trinajstić information content (AvgIpc) is 2.73. The van der Waals surface area contributed by atoms with Gasteiger partial charge in [-0.2, -0.15) is 0 Å². The molecule has 2 fully saturated rings. The zero-order chi connectivity index (χ0) is 20.6. The van der Waals surface area contributed by atoms with Crippen molar-refractivity contribution in [2.24, 2.45) is 4.99 Å². The molecule has 8 heteroatoms. The Hall–Kier alpha value is -1.13. The van der Waals surface area contributed by atoms with Gasteiger partial charge in [-0.25, -0.2) is 4.39 Å². The topological polar surface area (TPSA) is 52.1 Å². The lowest BCUT2D eigenvalue weighted by molar-refractivity contribution is -0.0165. The Morgan fingerprint density at radius 3 is 2.73 bits per heavy atom. The quantitative estimate of drug-likeness (QED) is 0.335. The van der Waals surface area contributed by atoms with Crippen LogP contribution in [-0.4, -0.2) is 74.9 Å². The molecule has 0 amide bonds. The molecule has 0 spiro atoms. The smallest absolute Gasteiger partial charge is 0.191 e. The largest absolute Gasteiger partial charge is 0.379 e. The van der Waals surface area contributed by atoms with Gasteiger partial charge >= 0.3 is 0 Å². The van der Waals surface area contributed by atoms with Crippen LogP contribution in [0.3, 0.4) is 0 Å². The molecule has 170 valence electrons. The molecular weight excluding hydrogens is 496 g/mol. The number of nitrogens with zero attached hydrogens (tertiary/aromatic N) is 3. The van der Waals surface area contributed by atoms with E-state index in [9.17, 15) is 4.39 Å². The van der Waals surface area contributed by atoms with Crippen molar-refractivity contribution in [3.8, 4) is 0 Å². The zero-order valence-corrected chi connectivity index (χ0v) is 20.8. The van der Waals surface area contributed by atoms with Crippen LogP contribution in [0.5, 0.6) is 0 Å².